The zero-order valence-corrected chi connectivity index (χ0v) is 14.3. The molecule has 1 atom stereocenters. The Morgan fingerprint density at radius 2 is 1.77 bits per heavy atom. The summed E-state index contributed by atoms with van der Waals surface area (Å²) >= 11 is 0. The standard InChI is InChI=1S/C16H23FN2O.2ClH/c17-15-11-13(20)5-6-14(15)16(12-3-1-2-4-12)19-9-7-18-8-10-19;;/h5-6,11-12,16,18,20H,1-4,7-10H2;2*1H/t16-;;/m0../s1. The zero-order chi connectivity index (χ0) is 13.9. The lowest BCUT2D eigenvalue weighted by molar-refractivity contribution is 0.122. The van der Waals surface area contributed by atoms with Gasteiger partial charge in [0.25, 0.3) is 0 Å². The Balaban J connectivity index is 0.00000121. The van der Waals surface area contributed by atoms with E-state index in [1.807, 2.05) is 0 Å². The number of hydrogen-bond acceptors (Lipinski definition) is 3. The number of rotatable bonds is 3. The molecule has 1 aromatic rings. The lowest BCUT2D eigenvalue weighted by Gasteiger charge is -2.38. The summed E-state index contributed by atoms with van der Waals surface area (Å²) in [4.78, 5) is 2.42. The molecular formula is C16H25Cl2FN2O. The molecule has 2 N–H and O–H groups in total. The predicted octanol–water partition coefficient (Wildman–Crippen LogP) is 3.51. The van der Waals surface area contributed by atoms with E-state index in [4.69, 9.17) is 0 Å². The summed E-state index contributed by atoms with van der Waals surface area (Å²) in [5, 5.41) is 12.8. The molecule has 22 heavy (non-hydrogen) atoms. The van der Waals surface area contributed by atoms with Crippen molar-refractivity contribution in [3.8, 4) is 5.75 Å². The van der Waals surface area contributed by atoms with Gasteiger partial charge in [0.1, 0.15) is 11.6 Å². The highest BCUT2D eigenvalue weighted by Crippen LogP contribution is 2.40. The van der Waals surface area contributed by atoms with Gasteiger partial charge in [0.15, 0.2) is 0 Å². The summed E-state index contributed by atoms with van der Waals surface area (Å²) in [6, 6.07) is 4.80. The normalized spacial score (nSPS) is 21.0. The Bertz CT molecular complexity index is 463. The monoisotopic (exact) mass is 350 g/mol. The maximum absolute atomic E-state index is 14.3. The van der Waals surface area contributed by atoms with Crippen LogP contribution in [0, 0.1) is 11.7 Å². The number of piperazine rings is 1. The van der Waals surface area contributed by atoms with Gasteiger partial charge in [0.2, 0.25) is 0 Å². The molecule has 2 fully saturated rings. The summed E-state index contributed by atoms with van der Waals surface area (Å²) in [6.07, 6.45) is 4.89. The third-order valence-electron chi connectivity index (χ3n) is 4.69. The van der Waals surface area contributed by atoms with Crippen molar-refractivity contribution in [2.75, 3.05) is 26.2 Å². The first kappa shape index (κ1) is 19.5. The average Bonchev–Trinajstić information content (AvgIpc) is 2.97. The van der Waals surface area contributed by atoms with Crippen LogP contribution in [0.15, 0.2) is 18.2 Å². The van der Waals surface area contributed by atoms with Gasteiger partial charge in [-0.05, 0) is 24.8 Å². The first-order chi connectivity index (χ1) is 9.75. The van der Waals surface area contributed by atoms with Gasteiger partial charge in [-0.15, -0.1) is 24.8 Å². The van der Waals surface area contributed by atoms with Crippen LogP contribution >= 0.6 is 24.8 Å². The molecule has 1 aromatic carbocycles. The van der Waals surface area contributed by atoms with Crippen LogP contribution in [0.4, 0.5) is 4.39 Å². The van der Waals surface area contributed by atoms with Crippen LogP contribution in [0.2, 0.25) is 0 Å². The number of nitrogens with zero attached hydrogens (tertiary/aromatic N) is 1. The summed E-state index contributed by atoms with van der Waals surface area (Å²) < 4.78 is 14.3. The Morgan fingerprint density at radius 1 is 1.14 bits per heavy atom. The molecule has 126 valence electrons. The molecule has 0 aromatic heterocycles. The van der Waals surface area contributed by atoms with Crippen LogP contribution in [0.1, 0.15) is 37.3 Å². The number of aromatic hydroxyl groups is 1. The van der Waals surface area contributed by atoms with E-state index in [2.05, 4.69) is 10.2 Å². The second-order valence-corrected chi connectivity index (χ2v) is 5.98. The Kier molecular flexibility index (Phi) is 7.90. The van der Waals surface area contributed by atoms with Crippen molar-refractivity contribution in [1.29, 1.82) is 0 Å². The maximum Gasteiger partial charge on any atom is 0.131 e. The van der Waals surface area contributed by atoms with Gasteiger partial charge in [-0.1, -0.05) is 18.9 Å². The highest BCUT2D eigenvalue weighted by molar-refractivity contribution is 5.85. The number of halogens is 3. The van der Waals surface area contributed by atoms with Crippen LogP contribution in [-0.4, -0.2) is 36.2 Å². The van der Waals surface area contributed by atoms with Crippen LogP contribution in [-0.2, 0) is 0 Å². The minimum Gasteiger partial charge on any atom is -0.508 e. The van der Waals surface area contributed by atoms with Crippen LogP contribution in [0.25, 0.3) is 0 Å². The highest BCUT2D eigenvalue weighted by atomic mass is 35.5. The summed E-state index contributed by atoms with van der Waals surface area (Å²) in [5.74, 6) is 0.296. The second kappa shape index (κ2) is 8.92. The van der Waals surface area contributed by atoms with Crippen molar-refractivity contribution < 1.29 is 9.50 Å². The van der Waals surface area contributed by atoms with E-state index in [-0.39, 0.29) is 42.4 Å². The molecule has 2 aliphatic rings. The molecule has 1 aliphatic heterocycles. The fourth-order valence-corrected chi connectivity index (χ4v) is 3.74. The van der Waals surface area contributed by atoms with Crippen molar-refractivity contribution in [3.63, 3.8) is 0 Å². The van der Waals surface area contributed by atoms with Crippen molar-refractivity contribution in [2.45, 2.75) is 31.7 Å². The van der Waals surface area contributed by atoms with Crippen LogP contribution in [0.5, 0.6) is 5.75 Å². The zero-order valence-electron chi connectivity index (χ0n) is 12.6. The van der Waals surface area contributed by atoms with Crippen LogP contribution < -0.4 is 5.32 Å². The van der Waals surface area contributed by atoms with E-state index in [9.17, 15) is 9.50 Å². The van der Waals surface area contributed by atoms with Crippen molar-refractivity contribution >= 4 is 24.8 Å². The van der Waals surface area contributed by atoms with Gasteiger partial charge >= 0.3 is 0 Å². The average molecular weight is 351 g/mol. The molecule has 0 amide bonds. The van der Waals surface area contributed by atoms with E-state index in [1.54, 1.807) is 12.1 Å². The molecule has 0 bridgehead atoms. The number of benzene rings is 1. The van der Waals surface area contributed by atoms with E-state index in [1.165, 1.54) is 31.7 Å². The molecule has 0 unspecified atom stereocenters. The van der Waals surface area contributed by atoms with E-state index in [0.29, 0.717) is 5.92 Å². The number of hydrogen-bond donors (Lipinski definition) is 2. The summed E-state index contributed by atoms with van der Waals surface area (Å²) in [7, 11) is 0. The van der Waals surface area contributed by atoms with Gasteiger partial charge in [-0.3, -0.25) is 4.90 Å². The Labute approximate surface area is 144 Å². The molecule has 1 aliphatic carbocycles. The maximum atomic E-state index is 14.3. The molecule has 0 radical (unpaired) electrons. The molecule has 1 saturated carbocycles. The largest absolute Gasteiger partial charge is 0.508 e. The van der Waals surface area contributed by atoms with Crippen molar-refractivity contribution in [3.05, 3.63) is 29.6 Å². The van der Waals surface area contributed by atoms with Crippen molar-refractivity contribution in [2.24, 2.45) is 5.92 Å². The molecule has 1 saturated heterocycles. The second-order valence-electron chi connectivity index (χ2n) is 5.98. The Hall–Kier alpha value is -0.550. The minimum absolute atomic E-state index is 0. The molecule has 1 heterocycles. The van der Waals surface area contributed by atoms with E-state index >= 15 is 0 Å². The van der Waals surface area contributed by atoms with Gasteiger partial charge in [-0.2, -0.15) is 0 Å². The molecular weight excluding hydrogens is 326 g/mol. The molecule has 0 spiro atoms. The molecule has 6 heteroatoms. The topological polar surface area (TPSA) is 35.5 Å². The lowest BCUT2D eigenvalue weighted by atomic mass is 9.89. The number of phenols is 1. The predicted molar refractivity (Wildman–Crippen MR) is 91.7 cm³/mol. The summed E-state index contributed by atoms with van der Waals surface area (Å²) in [6.45, 7) is 3.90. The minimum atomic E-state index is -0.263. The summed E-state index contributed by atoms with van der Waals surface area (Å²) in [5.41, 5.74) is 0.761. The molecule has 3 rings (SSSR count). The quantitative estimate of drug-likeness (QED) is 0.875. The number of nitrogens with one attached hydrogen (secondary N) is 1. The first-order valence-electron chi connectivity index (χ1n) is 7.69. The van der Waals surface area contributed by atoms with Crippen molar-refractivity contribution in [1.82, 2.24) is 10.2 Å². The lowest BCUT2D eigenvalue weighted by Crippen LogP contribution is -2.46. The van der Waals surface area contributed by atoms with Gasteiger partial charge in [0, 0.05) is 43.9 Å². The van der Waals surface area contributed by atoms with Gasteiger partial charge < -0.3 is 10.4 Å². The fourth-order valence-electron chi connectivity index (χ4n) is 3.74. The highest BCUT2D eigenvalue weighted by Gasteiger charge is 2.33. The van der Waals surface area contributed by atoms with E-state index < -0.39 is 0 Å². The third kappa shape index (κ3) is 4.25. The SMILES string of the molecule is Cl.Cl.Oc1ccc([C@H](C2CCCC2)N2CCNCC2)c(F)c1. The fraction of sp³-hybridized carbons (Fsp3) is 0.625. The van der Waals surface area contributed by atoms with Gasteiger partial charge in [-0.25, -0.2) is 4.39 Å². The smallest absolute Gasteiger partial charge is 0.131 e. The van der Waals surface area contributed by atoms with Gasteiger partial charge in [0.05, 0.1) is 0 Å². The number of phenolic OH excluding ortho intramolecular Hbond substituents is 1. The first-order valence-corrected chi connectivity index (χ1v) is 7.69. The third-order valence-corrected chi connectivity index (χ3v) is 4.69. The molecule has 3 nitrogen and oxygen atoms in total. The van der Waals surface area contributed by atoms with E-state index in [0.717, 1.165) is 31.7 Å². The Morgan fingerprint density at radius 3 is 2.36 bits per heavy atom. The van der Waals surface area contributed by atoms with Crippen LogP contribution in [0.3, 0.4) is 0 Å².